The van der Waals surface area contributed by atoms with Gasteiger partial charge in [0.2, 0.25) is 11.8 Å². The van der Waals surface area contributed by atoms with Crippen molar-refractivity contribution in [2.45, 2.75) is 44.6 Å². The summed E-state index contributed by atoms with van der Waals surface area (Å²) in [5, 5.41) is 5.78. The van der Waals surface area contributed by atoms with Crippen molar-refractivity contribution >= 4 is 11.8 Å². The average Bonchev–Trinajstić information content (AvgIpc) is 2.61. The Morgan fingerprint density at radius 3 is 2.70 bits per heavy atom. The number of fused-ring (bicyclic) bond motifs is 1. The molecule has 1 saturated carbocycles. The van der Waals surface area contributed by atoms with Gasteiger partial charge in [0.25, 0.3) is 0 Å². The van der Waals surface area contributed by atoms with E-state index in [-0.39, 0.29) is 30.3 Å². The number of hydrogen-bond acceptors (Lipinski definition) is 3. The lowest BCUT2D eigenvalue weighted by Gasteiger charge is -2.27. The average molecular weight is 316 g/mol. The van der Waals surface area contributed by atoms with Crippen LogP contribution in [0.1, 0.15) is 50.1 Å². The van der Waals surface area contributed by atoms with E-state index in [0.717, 1.165) is 43.4 Å². The Labute approximate surface area is 136 Å². The number of nitrogens with one attached hydrogen (secondary N) is 2. The quantitative estimate of drug-likeness (QED) is 0.896. The first kappa shape index (κ1) is 15.8. The van der Waals surface area contributed by atoms with Gasteiger partial charge in [0, 0.05) is 17.9 Å². The van der Waals surface area contributed by atoms with E-state index < -0.39 is 0 Å². The molecule has 1 aliphatic heterocycles. The number of benzene rings is 1. The molecular formula is C18H24N2O3. The fourth-order valence-electron chi connectivity index (χ4n) is 3.41. The highest BCUT2D eigenvalue weighted by atomic mass is 16.5. The number of ether oxygens (including phenoxy) is 1. The molecule has 5 nitrogen and oxygen atoms in total. The molecule has 0 bridgehead atoms. The highest BCUT2D eigenvalue weighted by molar-refractivity contribution is 5.86. The third-order valence-corrected chi connectivity index (χ3v) is 4.69. The maximum atomic E-state index is 12.1. The van der Waals surface area contributed by atoms with Crippen molar-refractivity contribution in [3.63, 3.8) is 0 Å². The smallest absolute Gasteiger partial charge is 0.239 e. The van der Waals surface area contributed by atoms with E-state index in [2.05, 4.69) is 10.6 Å². The van der Waals surface area contributed by atoms with E-state index in [1.54, 1.807) is 0 Å². The number of amides is 2. The molecule has 1 aromatic carbocycles. The molecule has 3 rings (SSSR count). The van der Waals surface area contributed by atoms with Crippen LogP contribution in [0.25, 0.3) is 0 Å². The van der Waals surface area contributed by atoms with Gasteiger partial charge in [-0.05, 0) is 18.9 Å². The van der Waals surface area contributed by atoms with Crippen LogP contribution in [-0.2, 0) is 9.59 Å². The summed E-state index contributed by atoms with van der Waals surface area (Å²) in [7, 11) is 0. The van der Waals surface area contributed by atoms with Gasteiger partial charge in [-0.2, -0.15) is 0 Å². The maximum Gasteiger partial charge on any atom is 0.239 e. The van der Waals surface area contributed by atoms with Crippen LogP contribution in [0.15, 0.2) is 24.3 Å². The van der Waals surface area contributed by atoms with Gasteiger partial charge >= 0.3 is 0 Å². The normalized spacial score (nSPS) is 21.0. The van der Waals surface area contributed by atoms with Crippen LogP contribution < -0.4 is 15.4 Å². The largest absolute Gasteiger partial charge is 0.493 e. The first-order valence-corrected chi connectivity index (χ1v) is 8.53. The van der Waals surface area contributed by atoms with E-state index in [1.165, 1.54) is 6.42 Å². The van der Waals surface area contributed by atoms with Crippen molar-refractivity contribution < 1.29 is 14.3 Å². The Balaban J connectivity index is 1.49. The monoisotopic (exact) mass is 316 g/mol. The zero-order valence-electron chi connectivity index (χ0n) is 13.3. The van der Waals surface area contributed by atoms with Crippen molar-refractivity contribution in [2.24, 2.45) is 5.92 Å². The molecule has 1 aromatic rings. The minimum atomic E-state index is -0.143. The van der Waals surface area contributed by atoms with Crippen molar-refractivity contribution in [2.75, 3.05) is 13.2 Å². The lowest BCUT2D eigenvalue weighted by molar-refractivity contribution is -0.129. The van der Waals surface area contributed by atoms with Gasteiger partial charge in [0.05, 0.1) is 19.2 Å². The topological polar surface area (TPSA) is 67.4 Å². The summed E-state index contributed by atoms with van der Waals surface area (Å²) in [6.45, 7) is 0.644. The van der Waals surface area contributed by atoms with Crippen LogP contribution in [0, 0.1) is 5.92 Å². The first-order valence-electron chi connectivity index (χ1n) is 8.53. The van der Waals surface area contributed by atoms with Crippen LogP contribution in [-0.4, -0.2) is 25.0 Å². The lowest BCUT2D eigenvalue weighted by Crippen LogP contribution is -2.42. The lowest BCUT2D eigenvalue weighted by atomic mass is 9.89. The summed E-state index contributed by atoms with van der Waals surface area (Å²) in [4.78, 5) is 24.2. The third kappa shape index (κ3) is 4.03. The number of carbonyl (C=O) groups excluding carboxylic acids is 2. The van der Waals surface area contributed by atoms with E-state index in [0.29, 0.717) is 6.61 Å². The van der Waals surface area contributed by atoms with Gasteiger partial charge in [-0.3, -0.25) is 9.59 Å². The van der Waals surface area contributed by atoms with Gasteiger partial charge in [-0.25, -0.2) is 0 Å². The van der Waals surface area contributed by atoms with Crippen LogP contribution in [0.3, 0.4) is 0 Å². The van der Waals surface area contributed by atoms with E-state index in [4.69, 9.17) is 4.74 Å². The molecule has 2 aliphatic rings. The minimum absolute atomic E-state index is 0.0206. The Morgan fingerprint density at radius 1 is 1.09 bits per heavy atom. The predicted molar refractivity (Wildman–Crippen MR) is 87.0 cm³/mol. The van der Waals surface area contributed by atoms with Crippen LogP contribution in [0.4, 0.5) is 0 Å². The molecule has 1 heterocycles. The highest BCUT2D eigenvalue weighted by Crippen LogP contribution is 2.31. The first-order chi connectivity index (χ1) is 11.2. The molecule has 2 N–H and O–H groups in total. The molecule has 0 aromatic heterocycles. The molecule has 2 amide bonds. The van der Waals surface area contributed by atoms with Gasteiger partial charge in [-0.1, -0.05) is 37.5 Å². The summed E-state index contributed by atoms with van der Waals surface area (Å²) in [5.74, 6) is 0.790. The van der Waals surface area contributed by atoms with Crippen LogP contribution in [0.2, 0.25) is 0 Å². The molecule has 0 saturated heterocycles. The number of hydrogen-bond donors (Lipinski definition) is 2. The second-order valence-electron chi connectivity index (χ2n) is 6.35. The molecule has 1 aliphatic carbocycles. The summed E-state index contributed by atoms with van der Waals surface area (Å²) < 4.78 is 5.59. The van der Waals surface area contributed by atoms with Crippen LogP contribution in [0.5, 0.6) is 5.75 Å². The van der Waals surface area contributed by atoms with Gasteiger partial charge < -0.3 is 15.4 Å². The number of para-hydroxylation sites is 1. The standard InChI is InChI=1S/C18H24N2O3/c21-17(12-19-18(22)13-6-2-1-3-7-13)20-15-10-11-23-16-9-5-4-8-14(15)16/h4-5,8-9,13,15H,1-3,6-7,10-12H2,(H,19,22)(H,20,21). The fourth-order valence-corrected chi connectivity index (χ4v) is 3.41. The van der Waals surface area contributed by atoms with Crippen molar-refractivity contribution in [3.8, 4) is 5.75 Å². The summed E-state index contributed by atoms with van der Waals surface area (Å²) >= 11 is 0. The number of carbonyl (C=O) groups is 2. The van der Waals surface area contributed by atoms with Gasteiger partial charge in [0.1, 0.15) is 5.75 Å². The Kier molecular flexibility index (Phi) is 5.16. The summed E-state index contributed by atoms with van der Waals surface area (Å²) in [6, 6.07) is 7.71. The molecule has 5 heteroatoms. The zero-order chi connectivity index (χ0) is 16.1. The van der Waals surface area contributed by atoms with E-state index >= 15 is 0 Å². The molecule has 23 heavy (non-hydrogen) atoms. The Morgan fingerprint density at radius 2 is 1.87 bits per heavy atom. The van der Waals surface area contributed by atoms with Crippen LogP contribution >= 0.6 is 0 Å². The summed E-state index contributed by atoms with van der Waals surface area (Å²) in [5.41, 5.74) is 1.01. The molecular weight excluding hydrogens is 292 g/mol. The molecule has 0 spiro atoms. The fraction of sp³-hybridized carbons (Fsp3) is 0.556. The second kappa shape index (κ2) is 7.49. The van der Waals surface area contributed by atoms with Crippen molar-refractivity contribution in [1.29, 1.82) is 0 Å². The molecule has 1 atom stereocenters. The van der Waals surface area contributed by atoms with E-state index in [9.17, 15) is 9.59 Å². The molecule has 1 fully saturated rings. The van der Waals surface area contributed by atoms with Crippen molar-refractivity contribution in [1.82, 2.24) is 10.6 Å². The van der Waals surface area contributed by atoms with Gasteiger partial charge in [-0.15, -0.1) is 0 Å². The van der Waals surface area contributed by atoms with E-state index in [1.807, 2.05) is 24.3 Å². The Hall–Kier alpha value is -2.04. The summed E-state index contributed by atoms with van der Waals surface area (Å²) in [6.07, 6.45) is 6.08. The van der Waals surface area contributed by atoms with Crippen molar-refractivity contribution in [3.05, 3.63) is 29.8 Å². The third-order valence-electron chi connectivity index (χ3n) is 4.69. The molecule has 0 radical (unpaired) electrons. The van der Waals surface area contributed by atoms with Gasteiger partial charge in [0.15, 0.2) is 0 Å². The number of rotatable bonds is 4. The maximum absolute atomic E-state index is 12.1. The Bertz CT molecular complexity index is 567. The minimum Gasteiger partial charge on any atom is -0.493 e. The highest BCUT2D eigenvalue weighted by Gasteiger charge is 2.24. The predicted octanol–water partition coefficient (Wildman–Crippen LogP) is 2.32. The second-order valence-corrected chi connectivity index (χ2v) is 6.35. The molecule has 1 unspecified atom stereocenters. The SMILES string of the molecule is O=C(CNC(=O)C1CCCCC1)NC1CCOc2ccccc21. The molecule has 124 valence electrons. The zero-order valence-corrected chi connectivity index (χ0v) is 13.3.